The van der Waals surface area contributed by atoms with E-state index in [4.69, 9.17) is 4.74 Å². The summed E-state index contributed by atoms with van der Waals surface area (Å²) < 4.78 is 18.5. The Balaban J connectivity index is 2.37. The third kappa shape index (κ3) is 4.23. The zero-order valence-corrected chi connectivity index (χ0v) is 13.0. The van der Waals surface area contributed by atoms with Gasteiger partial charge in [0, 0.05) is 12.5 Å². The first-order chi connectivity index (χ1) is 11.0. The summed E-state index contributed by atoms with van der Waals surface area (Å²) in [5, 5.41) is 1.70. The maximum Gasteiger partial charge on any atom is 0.303 e. The second-order valence-electron chi connectivity index (χ2n) is 5.17. The Kier molecular flexibility index (Phi) is 5.60. The molecule has 0 aliphatic heterocycles. The highest BCUT2D eigenvalue weighted by molar-refractivity contribution is 5.99. The first-order valence-corrected chi connectivity index (χ1v) is 7.34. The van der Waals surface area contributed by atoms with E-state index in [1.54, 1.807) is 36.6 Å². The second-order valence-corrected chi connectivity index (χ2v) is 5.17. The Labute approximate surface area is 134 Å². The van der Waals surface area contributed by atoms with Crippen LogP contribution in [0.3, 0.4) is 0 Å². The quantitative estimate of drug-likeness (QED) is 0.654. The second kappa shape index (κ2) is 7.65. The van der Waals surface area contributed by atoms with Crippen LogP contribution in [0.15, 0.2) is 54.6 Å². The molecule has 0 bridgehead atoms. The fraction of sp³-hybridized carbons (Fsp3) is 0.222. The number of ketones is 1. The van der Waals surface area contributed by atoms with E-state index in [0.29, 0.717) is 11.1 Å². The van der Waals surface area contributed by atoms with Gasteiger partial charge in [0.2, 0.25) is 5.78 Å². The van der Waals surface area contributed by atoms with Crippen molar-refractivity contribution < 1.29 is 24.0 Å². The molecule has 0 unspecified atom stereocenters. The van der Waals surface area contributed by atoms with Crippen LogP contribution < -0.4 is 5.32 Å². The minimum Gasteiger partial charge on any atom is -0.451 e. The number of esters is 1. The minimum atomic E-state index is -0.786. The maximum atomic E-state index is 13.1. The van der Waals surface area contributed by atoms with Crippen molar-refractivity contribution in [3.63, 3.8) is 0 Å². The summed E-state index contributed by atoms with van der Waals surface area (Å²) in [6.07, 6.45) is -0.786. The number of ether oxygens (including phenoxy) is 1. The Hall–Kier alpha value is -2.53. The van der Waals surface area contributed by atoms with Gasteiger partial charge in [-0.25, -0.2) is 4.39 Å². The minimum absolute atomic E-state index is 0.149. The van der Waals surface area contributed by atoms with Crippen LogP contribution in [0.25, 0.3) is 0 Å². The van der Waals surface area contributed by atoms with E-state index in [0.717, 1.165) is 0 Å². The van der Waals surface area contributed by atoms with Gasteiger partial charge in [-0.2, -0.15) is 0 Å². The van der Waals surface area contributed by atoms with Crippen LogP contribution in [0.1, 0.15) is 28.9 Å². The molecule has 2 aromatic carbocycles. The van der Waals surface area contributed by atoms with Crippen LogP contribution in [0.2, 0.25) is 0 Å². The number of benzene rings is 2. The molecule has 120 valence electrons. The molecule has 5 heteroatoms. The molecule has 0 saturated carbocycles. The van der Waals surface area contributed by atoms with E-state index in [1.807, 2.05) is 6.07 Å². The monoisotopic (exact) mass is 316 g/mol. The van der Waals surface area contributed by atoms with Gasteiger partial charge in [0.05, 0.1) is 7.05 Å². The highest BCUT2D eigenvalue weighted by Crippen LogP contribution is 2.23. The van der Waals surface area contributed by atoms with Gasteiger partial charge in [-0.3, -0.25) is 9.59 Å². The summed E-state index contributed by atoms with van der Waals surface area (Å²) in [6, 6.07) is 13.8. The highest BCUT2D eigenvalue weighted by Gasteiger charge is 2.35. The first kappa shape index (κ1) is 16.8. The van der Waals surface area contributed by atoms with Crippen molar-refractivity contribution >= 4 is 11.8 Å². The number of hydrogen-bond donors (Lipinski definition) is 1. The van der Waals surface area contributed by atoms with Crippen LogP contribution in [-0.2, 0) is 9.53 Å². The van der Waals surface area contributed by atoms with Crippen molar-refractivity contribution in [2.75, 3.05) is 7.05 Å². The van der Waals surface area contributed by atoms with Gasteiger partial charge in [0.1, 0.15) is 5.82 Å². The van der Waals surface area contributed by atoms with Crippen molar-refractivity contribution in [2.24, 2.45) is 0 Å². The summed E-state index contributed by atoms with van der Waals surface area (Å²) in [7, 11) is 1.74. The summed E-state index contributed by atoms with van der Waals surface area (Å²) in [5.41, 5.74) is 1.11. The molecule has 23 heavy (non-hydrogen) atoms. The molecule has 0 amide bonds. The number of likely N-dealkylation sites (N-methyl/N-ethyl adjacent to an activating group) is 1. The van der Waals surface area contributed by atoms with E-state index in [-0.39, 0.29) is 11.6 Å². The molecule has 0 radical (unpaired) electrons. The largest absolute Gasteiger partial charge is 0.451 e. The zero-order chi connectivity index (χ0) is 16.8. The number of rotatable bonds is 6. The van der Waals surface area contributed by atoms with Crippen molar-refractivity contribution in [2.45, 2.75) is 19.1 Å². The average Bonchev–Trinajstić information content (AvgIpc) is 2.55. The van der Waals surface area contributed by atoms with Crippen LogP contribution in [0.4, 0.5) is 4.39 Å². The molecule has 0 spiro atoms. The third-order valence-corrected chi connectivity index (χ3v) is 3.54. The molecule has 0 saturated heterocycles. The Bertz CT molecular complexity index is 670. The number of carbonyl (C=O) groups excluding carboxylic acids is 2. The van der Waals surface area contributed by atoms with Gasteiger partial charge in [-0.05, 0) is 17.7 Å². The number of hydrogen-bond acceptors (Lipinski definition) is 3. The molecule has 0 heterocycles. The predicted molar refractivity (Wildman–Crippen MR) is 83.3 cm³/mol. The molecule has 0 aliphatic carbocycles. The first-order valence-electron chi connectivity index (χ1n) is 7.34. The zero-order valence-electron chi connectivity index (χ0n) is 13.0. The molecular formula is C18H19FNO3+. The third-order valence-electron chi connectivity index (χ3n) is 3.54. The number of halogens is 1. The Morgan fingerprint density at radius 2 is 1.65 bits per heavy atom. The molecule has 0 aliphatic rings. The fourth-order valence-electron chi connectivity index (χ4n) is 2.44. The lowest BCUT2D eigenvalue weighted by Gasteiger charge is -2.23. The van der Waals surface area contributed by atoms with Gasteiger partial charge in [-0.15, -0.1) is 0 Å². The van der Waals surface area contributed by atoms with Crippen LogP contribution >= 0.6 is 0 Å². The molecular weight excluding hydrogens is 297 g/mol. The molecule has 2 rings (SSSR count). The van der Waals surface area contributed by atoms with E-state index in [9.17, 15) is 14.0 Å². The van der Waals surface area contributed by atoms with Crippen molar-refractivity contribution in [3.8, 4) is 0 Å². The smallest absolute Gasteiger partial charge is 0.303 e. The summed E-state index contributed by atoms with van der Waals surface area (Å²) >= 11 is 0. The normalized spacial score (nSPS) is 13.2. The van der Waals surface area contributed by atoms with E-state index < -0.39 is 18.1 Å². The van der Waals surface area contributed by atoms with Crippen molar-refractivity contribution in [3.05, 3.63) is 71.5 Å². The highest BCUT2D eigenvalue weighted by atomic mass is 19.1. The van der Waals surface area contributed by atoms with Crippen LogP contribution in [0.5, 0.6) is 0 Å². The van der Waals surface area contributed by atoms with E-state index >= 15 is 0 Å². The van der Waals surface area contributed by atoms with Gasteiger partial charge in [-0.1, -0.05) is 42.5 Å². The number of nitrogens with two attached hydrogens (primary N) is 1. The van der Waals surface area contributed by atoms with Gasteiger partial charge < -0.3 is 10.1 Å². The maximum absolute atomic E-state index is 13.1. The number of quaternary nitrogens is 1. The molecule has 0 aromatic heterocycles. The average molecular weight is 316 g/mol. The van der Waals surface area contributed by atoms with Crippen molar-refractivity contribution in [1.82, 2.24) is 0 Å². The molecule has 2 atom stereocenters. The van der Waals surface area contributed by atoms with Gasteiger partial charge in [0.25, 0.3) is 0 Å². The predicted octanol–water partition coefficient (Wildman–Crippen LogP) is 1.87. The number of Topliss-reactive ketones (excluding diaryl/α,β-unsaturated/α-hetero) is 1. The van der Waals surface area contributed by atoms with Gasteiger partial charge >= 0.3 is 5.97 Å². The Morgan fingerprint density at radius 1 is 1.04 bits per heavy atom. The molecule has 4 nitrogen and oxygen atoms in total. The van der Waals surface area contributed by atoms with Crippen LogP contribution in [0, 0.1) is 5.82 Å². The summed E-state index contributed by atoms with van der Waals surface area (Å²) in [6.45, 7) is 1.29. The fourth-order valence-corrected chi connectivity index (χ4v) is 2.44. The molecule has 2 N–H and O–H groups in total. The number of carbonyl (C=O) groups is 2. The lowest BCUT2D eigenvalue weighted by molar-refractivity contribution is -0.657. The topological polar surface area (TPSA) is 60.0 Å². The van der Waals surface area contributed by atoms with E-state index in [1.165, 1.54) is 31.2 Å². The lowest BCUT2D eigenvalue weighted by Crippen LogP contribution is -2.89. The van der Waals surface area contributed by atoms with E-state index in [2.05, 4.69) is 0 Å². The van der Waals surface area contributed by atoms with Gasteiger partial charge in [0.15, 0.2) is 12.1 Å². The lowest BCUT2D eigenvalue weighted by atomic mass is 9.94. The SMILES string of the molecule is C[NH2+][C@@H](C(=O)c1ccccc1)[C@@H](OC(C)=O)c1ccc(F)cc1. The standard InChI is InChI=1S/C18H18FNO3/c1-12(21)23-18(14-8-10-15(19)11-9-14)16(20-2)17(22)13-6-4-3-5-7-13/h3-11,16,18,20H,1-2H3/p+1/t16-,18-/m0/s1. The summed E-state index contributed by atoms with van der Waals surface area (Å²) in [5.74, 6) is -1.03. The summed E-state index contributed by atoms with van der Waals surface area (Å²) in [4.78, 5) is 24.2. The van der Waals surface area contributed by atoms with Crippen molar-refractivity contribution in [1.29, 1.82) is 0 Å². The molecule has 2 aromatic rings. The van der Waals surface area contributed by atoms with Crippen LogP contribution in [-0.4, -0.2) is 24.8 Å². The Morgan fingerprint density at radius 3 is 2.17 bits per heavy atom. The molecule has 0 fully saturated rings.